The Bertz CT molecular complexity index is 1210. The Hall–Kier alpha value is -3.25. The third kappa shape index (κ3) is 4.55. The summed E-state index contributed by atoms with van der Waals surface area (Å²) in [5.74, 6) is -0.105. The molecule has 0 saturated carbocycles. The first kappa shape index (κ1) is 22.5. The van der Waals surface area contributed by atoms with Gasteiger partial charge in [0.2, 0.25) is 5.91 Å². The standard InChI is InChI=1S/C28H33N5O/c1-3-24(4-2)31-15-17-32(18-16-31)25-8-5-21(6-9-25)19-23-7-10-26(33-14-13-30-28(23)33)22-11-12-29-27(34)20-22/h5-14,24H,3-4,15-20H2,1-2H3. The molecule has 5 rings (SSSR count). The van der Waals surface area contributed by atoms with E-state index in [0.29, 0.717) is 6.42 Å². The fraction of sp³-hybridized carbons (Fsp3) is 0.393. The molecule has 2 aliphatic rings. The molecule has 1 amide bonds. The molecule has 1 saturated heterocycles. The van der Waals surface area contributed by atoms with Crippen molar-refractivity contribution in [2.24, 2.45) is 4.99 Å². The Labute approximate surface area is 201 Å². The van der Waals surface area contributed by atoms with Crippen LogP contribution in [-0.2, 0) is 11.2 Å². The number of carbonyl (C=O) groups is 1. The number of piperazine rings is 1. The predicted octanol–water partition coefficient (Wildman–Crippen LogP) is 4.62. The highest BCUT2D eigenvalue weighted by atomic mass is 16.1. The highest BCUT2D eigenvalue weighted by Gasteiger charge is 2.22. The summed E-state index contributed by atoms with van der Waals surface area (Å²) in [5, 5.41) is 0. The molecule has 0 radical (unpaired) electrons. The largest absolute Gasteiger partial charge is 0.369 e. The molecule has 0 aliphatic carbocycles. The van der Waals surface area contributed by atoms with Gasteiger partial charge in [0.1, 0.15) is 5.65 Å². The van der Waals surface area contributed by atoms with Crippen LogP contribution < -0.4 is 4.90 Å². The van der Waals surface area contributed by atoms with Crippen LogP contribution in [0.5, 0.6) is 0 Å². The Balaban J connectivity index is 1.29. The maximum atomic E-state index is 11.8. The number of benzene rings is 1. The van der Waals surface area contributed by atoms with Crippen LogP contribution in [0.3, 0.4) is 0 Å². The van der Waals surface area contributed by atoms with Crippen LogP contribution in [0.4, 0.5) is 5.69 Å². The van der Waals surface area contributed by atoms with Crippen LogP contribution in [0.1, 0.15) is 49.9 Å². The third-order valence-corrected chi connectivity index (χ3v) is 7.26. The van der Waals surface area contributed by atoms with Gasteiger partial charge in [-0.05, 0) is 53.8 Å². The van der Waals surface area contributed by atoms with E-state index in [9.17, 15) is 4.79 Å². The molecule has 6 heteroatoms. The minimum atomic E-state index is -0.105. The lowest BCUT2D eigenvalue weighted by Crippen LogP contribution is -2.50. The number of aliphatic imine (C=N–C) groups is 1. The molecule has 3 aromatic rings. The second-order valence-electron chi connectivity index (χ2n) is 9.24. The fourth-order valence-corrected chi connectivity index (χ4v) is 5.32. The van der Waals surface area contributed by atoms with Gasteiger partial charge in [-0.15, -0.1) is 0 Å². The van der Waals surface area contributed by atoms with Crippen LogP contribution in [-0.4, -0.2) is 58.6 Å². The van der Waals surface area contributed by atoms with Crippen LogP contribution >= 0.6 is 0 Å². The molecule has 6 nitrogen and oxygen atoms in total. The molecular formula is C28H33N5O. The van der Waals surface area contributed by atoms with Gasteiger partial charge in [-0.3, -0.25) is 14.1 Å². The van der Waals surface area contributed by atoms with Crippen molar-refractivity contribution in [3.05, 3.63) is 71.7 Å². The Morgan fingerprint density at radius 3 is 2.44 bits per heavy atom. The van der Waals surface area contributed by atoms with E-state index in [0.717, 1.165) is 55.6 Å². The van der Waals surface area contributed by atoms with Crippen molar-refractivity contribution in [2.45, 2.75) is 45.6 Å². The van der Waals surface area contributed by atoms with Gasteiger partial charge in [-0.2, -0.15) is 0 Å². The van der Waals surface area contributed by atoms with Crippen molar-refractivity contribution in [2.75, 3.05) is 31.1 Å². The molecule has 176 valence electrons. The first-order chi connectivity index (χ1) is 16.7. The summed E-state index contributed by atoms with van der Waals surface area (Å²) in [6, 6.07) is 14.0. The number of imidazole rings is 1. The molecule has 1 fully saturated rings. The number of rotatable bonds is 7. The van der Waals surface area contributed by atoms with Crippen molar-refractivity contribution >= 4 is 29.0 Å². The lowest BCUT2D eigenvalue weighted by Gasteiger charge is -2.39. The van der Waals surface area contributed by atoms with E-state index in [-0.39, 0.29) is 5.91 Å². The summed E-state index contributed by atoms with van der Waals surface area (Å²) < 4.78 is 2.08. The Kier molecular flexibility index (Phi) is 6.59. The molecule has 0 spiro atoms. The number of nitrogens with zero attached hydrogens (tertiary/aromatic N) is 5. The number of pyridine rings is 1. The maximum absolute atomic E-state index is 11.8. The van der Waals surface area contributed by atoms with Gasteiger partial charge in [0.15, 0.2) is 0 Å². The second-order valence-corrected chi connectivity index (χ2v) is 9.24. The number of hydrogen-bond donors (Lipinski definition) is 0. The fourth-order valence-electron chi connectivity index (χ4n) is 5.32. The Morgan fingerprint density at radius 1 is 0.971 bits per heavy atom. The van der Waals surface area contributed by atoms with Gasteiger partial charge < -0.3 is 4.90 Å². The van der Waals surface area contributed by atoms with Crippen LogP contribution in [0.25, 0.3) is 11.2 Å². The zero-order valence-electron chi connectivity index (χ0n) is 20.2. The van der Waals surface area contributed by atoms with E-state index in [4.69, 9.17) is 0 Å². The van der Waals surface area contributed by atoms with Crippen molar-refractivity contribution in [3.8, 4) is 0 Å². The molecule has 1 aromatic carbocycles. The van der Waals surface area contributed by atoms with Gasteiger partial charge in [0.05, 0.1) is 12.1 Å². The maximum Gasteiger partial charge on any atom is 0.250 e. The number of anilines is 1. The first-order valence-electron chi connectivity index (χ1n) is 12.5. The summed E-state index contributed by atoms with van der Waals surface area (Å²) in [7, 11) is 0. The lowest BCUT2D eigenvalue weighted by atomic mass is 10.0. The van der Waals surface area contributed by atoms with E-state index in [1.165, 1.54) is 29.7 Å². The summed E-state index contributed by atoms with van der Waals surface area (Å²) in [6.07, 6.45) is 10.9. The summed E-state index contributed by atoms with van der Waals surface area (Å²) in [5.41, 5.74) is 6.68. The number of fused-ring (bicyclic) bond motifs is 1. The Morgan fingerprint density at radius 2 is 1.74 bits per heavy atom. The third-order valence-electron chi connectivity index (χ3n) is 7.26. The number of allylic oxidation sites excluding steroid dienone is 1. The smallest absolute Gasteiger partial charge is 0.250 e. The molecule has 34 heavy (non-hydrogen) atoms. The van der Waals surface area contributed by atoms with E-state index >= 15 is 0 Å². The predicted molar refractivity (Wildman–Crippen MR) is 139 cm³/mol. The molecule has 4 heterocycles. The van der Waals surface area contributed by atoms with Gasteiger partial charge in [-0.25, -0.2) is 9.98 Å². The van der Waals surface area contributed by atoms with Gasteiger partial charge in [0.25, 0.3) is 0 Å². The summed E-state index contributed by atoms with van der Waals surface area (Å²) in [6.45, 7) is 9.07. The molecule has 0 bridgehead atoms. The van der Waals surface area contributed by atoms with E-state index in [1.54, 1.807) is 6.21 Å². The summed E-state index contributed by atoms with van der Waals surface area (Å²) >= 11 is 0. The van der Waals surface area contributed by atoms with Crippen LogP contribution in [0, 0.1) is 0 Å². The highest BCUT2D eigenvalue weighted by Crippen LogP contribution is 2.26. The molecule has 0 atom stereocenters. The SMILES string of the molecule is CCC(CC)N1CCN(c2ccc(Cc3ccc(C4=CC=NC(=O)C4)n4ccnc34)cc2)CC1. The average Bonchev–Trinajstić information content (AvgIpc) is 3.37. The molecule has 0 unspecified atom stereocenters. The molecule has 0 N–H and O–H groups in total. The monoisotopic (exact) mass is 455 g/mol. The zero-order chi connectivity index (χ0) is 23.5. The number of aromatic nitrogens is 2. The molecule has 2 aliphatic heterocycles. The van der Waals surface area contributed by atoms with Gasteiger partial charge >= 0.3 is 0 Å². The van der Waals surface area contributed by atoms with E-state index < -0.39 is 0 Å². The zero-order valence-corrected chi connectivity index (χ0v) is 20.2. The number of dihydropyridines is 1. The quantitative estimate of drug-likeness (QED) is 0.522. The minimum absolute atomic E-state index is 0.105. The number of hydrogen-bond acceptors (Lipinski definition) is 4. The minimum Gasteiger partial charge on any atom is -0.369 e. The van der Waals surface area contributed by atoms with Crippen molar-refractivity contribution in [1.82, 2.24) is 14.3 Å². The normalized spacial score (nSPS) is 17.1. The number of amides is 1. The highest BCUT2D eigenvalue weighted by molar-refractivity contribution is 6.03. The van der Waals surface area contributed by atoms with E-state index in [1.807, 2.05) is 18.5 Å². The van der Waals surface area contributed by atoms with Gasteiger partial charge in [-0.1, -0.05) is 32.0 Å². The van der Waals surface area contributed by atoms with Crippen LogP contribution in [0.2, 0.25) is 0 Å². The second kappa shape index (κ2) is 9.94. The van der Waals surface area contributed by atoms with Crippen LogP contribution in [0.15, 0.2) is 59.9 Å². The van der Waals surface area contributed by atoms with Crippen molar-refractivity contribution in [3.63, 3.8) is 0 Å². The van der Waals surface area contributed by atoms with Gasteiger partial charge in [0, 0.05) is 62.9 Å². The lowest BCUT2D eigenvalue weighted by molar-refractivity contribution is -0.116. The van der Waals surface area contributed by atoms with Crippen molar-refractivity contribution in [1.29, 1.82) is 0 Å². The summed E-state index contributed by atoms with van der Waals surface area (Å²) in [4.78, 5) is 25.4. The molecular weight excluding hydrogens is 422 g/mol. The average molecular weight is 456 g/mol. The topological polar surface area (TPSA) is 53.2 Å². The molecule has 2 aromatic heterocycles. The first-order valence-corrected chi connectivity index (χ1v) is 12.5. The van der Waals surface area contributed by atoms with E-state index in [2.05, 4.69) is 74.4 Å². The number of carbonyl (C=O) groups excluding carboxylic acids is 1. The van der Waals surface area contributed by atoms with Crippen molar-refractivity contribution < 1.29 is 4.79 Å².